The summed E-state index contributed by atoms with van der Waals surface area (Å²) >= 11 is 0. The highest BCUT2D eigenvalue weighted by Crippen LogP contribution is 2.32. The Morgan fingerprint density at radius 3 is 2.09 bits per heavy atom. The topological polar surface area (TPSA) is 71.1 Å². The fraction of sp³-hybridized carbons (Fsp3) is 0.136. The van der Waals surface area contributed by atoms with Crippen LogP contribution in [0, 0.1) is 23.3 Å². The summed E-state index contributed by atoms with van der Waals surface area (Å²) in [7, 11) is 0. The Kier molecular flexibility index (Phi) is 8.16. The molecule has 0 atom stereocenters. The number of pyridine rings is 1. The Morgan fingerprint density at radius 1 is 0.818 bits per heavy atom. The van der Waals surface area contributed by atoms with E-state index in [2.05, 4.69) is 10.3 Å². The summed E-state index contributed by atoms with van der Waals surface area (Å²) in [5, 5.41) is 3.86. The number of carbonyl (C=O) groups excluding carboxylic acids is 2. The third-order valence-electron chi connectivity index (χ3n) is 4.00. The first-order chi connectivity index (χ1) is 15.6. The summed E-state index contributed by atoms with van der Waals surface area (Å²) in [4.78, 5) is 27.6. The normalized spacial score (nSPS) is 10.7. The second-order valence-electron chi connectivity index (χ2n) is 6.17. The Balaban J connectivity index is 0.00000187. The molecule has 5 nitrogen and oxygen atoms in total. The van der Waals surface area contributed by atoms with Gasteiger partial charge in [0.05, 0.1) is 11.8 Å². The number of alkyl halides is 2. The predicted octanol–water partition coefficient (Wildman–Crippen LogP) is 5.65. The van der Waals surface area contributed by atoms with E-state index < -0.39 is 58.0 Å². The lowest BCUT2D eigenvalue weighted by Gasteiger charge is -2.17. The molecule has 11 heteroatoms. The molecule has 0 fully saturated rings. The summed E-state index contributed by atoms with van der Waals surface area (Å²) in [5.74, 6) is -12.5. The van der Waals surface area contributed by atoms with Crippen LogP contribution in [-0.4, -0.2) is 16.8 Å². The van der Waals surface area contributed by atoms with Gasteiger partial charge in [-0.2, -0.15) is 8.78 Å². The molecular formula is C22H17F6N3O2. The molecular weight excluding hydrogens is 452 g/mol. The van der Waals surface area contributed by atoms with E-state index >= 15 is 0 Å². The maximum atomic E-state index is 14.6. The van der Waals surface area contributed by atoms with Crippen molar-refractivity contribution in [1.29, 1.82) is 0 Å². The molecule has 1 aromatic heterocycles. The number of halogens is 6. The van der Waals surface area contributed by atoms with Crippen LogP contribution in [0.25, 0.3) is 0 Å². The van der Waals surface area contributed by atoms with Crippen molar-refractivity contribution in [3.8, 4) is 0 Å². The molecule has 0 aliphatic heterocycles. The van der Waals surface area contributed by atoms with Gasteiger partial charge in [-0.3, -0.25) is 9.59 Å². The van der Waals surface area contributed by atoms with Gasteiger partial charge < -0.3 is 10.6 Å². The van der Waals surface area contributed by atoms with Crippen molar-refractivity contribution in [2.24, 2.45) is 0 Å². The van der Waals surface area contributed by atoms with E-state index in [1.807, 2.05) is 13.8 Å². The number of carbonyl (C=O) groups is 2. The molecule has 0 saturated carbocycles. The van der Waals surface area contributed by atoms with Gasteiger partial charge in [-0.1, -0.05) is 13.8 Å². The van der Waals surface area contributed by atoms with Gasteiger partial charge in [0.2, 0.25) is 0 Å². The highest BCUT2D eigenvalue weighted by molar-refractivity contribution is 6.04. The monoisotopic (exact) mass is 469 g/mol. The average molecular weight is 469 g/mol. The number of rotatable bonds is 5. The minimum absolute atomic E-state index is 0.179. The molecule has 174 valence electrons. The Bertz CT molecular complexity index is 1150. The number of hydrogen-bond donors (Lipinski definition) is 2. The van der Waals surface area contributed by atoms with Crippen LogP contribution >= 0.6 is 0 Å². The predicted molar refractivity (Wildman–Crippen MR) is 109 cm³/mol. The van der Waals surface area contributed by atoms with E-state index in [1.165, 1.54) is 0 Å². The first-order valence-electron chi connectivity index (χ1n) is 9.45. The molecule has 0 aliphatic carbocycles. The van der Waals surface area contributed by atoms with E-state index in [0.717, 1.165) is 30.3 Å². The molecule has 3 rings (SSSR count). The first-order valence-corrected chi connectivity index (χ1v) is 9.45. The minimum Gasteiger partial charge on any atom is -0.322 e. The molecule has 0 aliphatic rings. The van der Waals surface area contributed by atoms with Crippen LogP contribution in [0.3, 0.4) is 0 Å². The standard InChI is InChI=1S/C20H11F6N3O2.C2H6/c21-11-2-6-17(27-9-11)29-19(31)20(25,26)13-7-10(1-4-14(13)22)18(30)28-12-3-5-15(23)16(24)8-12;1-2/h1-9H,(H,28,30)(H,27,29,31);1-2H3. The van der Waals surface area contributed by atoms with Crippen LogP contribution in [-0.2, 0) is 10.7 Å². The SMILES string of the molecule is CC.O=C(Nc1ccc(F)c(F)c1)c1ccc(F)c(C(F)(F)C(=O)Nc2ccc(F)cn2)c1. The summed E-state index contributed by atoms with van der Waals surface area (Å²) in [6, 6.07) is 6.07. The van der Waals surface area contributed by atoms with Gasteiger partial charge in [-0.25, -0.2) is 22.5 Å². The third-order valence-corrected chi connectivity index (χ3v) is 4.00. The van der Waals surface area contributed by atoms with Crippen molar-refractivity contribution < 1.29 is 35.9 Å². The fourth-order valence-corrected chi connectivity index (χ4v) is 2.45. The van der Waals surface area contributed by atoms with Gasteiger partial charge in [0.15, 0.2) is 11.6 Å². The van der Waals surface area contributed by atoms with Crippen LogP contribution in [0.5, 0.6) is 0 Å². The lowest BCUT2D eigenvalue weighted by atomic mass is 10.0. The van der Waals surface area contributed by atoms with E-state index in [1.54, 1.807) is 5.32 Å². The maximum Gasteiger partial charge on any atom is 0.352 e. The maximum absolute atomic E-state index is 14.6. The summed E-state index contributed by atoms with van der Waals surface area (Å²) in [6.07, 6.45) is 0.678. The number of nitrogens with zero attached hydrogens (tertiary/aromatic N) is 1. The molecule has 33 heavy (non-hydrogen) atoms. The van der Waals surface area contributed by atoms with Crippen molar-refractivity contribution in [3.63, 3.8) is 0 Å². The zero-order valence-corrected chi connectivity index (χ0v) is 17.2. The third kappa shape index (κ3) is 6.09. The van der Waals surface area contributed by atoms with Gasteiger partial charge in [-0.05, 0) is 42.5 Å². The van der Waals surface area contributed by atoms with Gasteiger partial charge in [0.25, 0.3) is 5.91 Å². The molecule has 2 amide bonds. The van der Waals surface area contributed by atoms with Gasteiger partial charge in [0.1, 0.15) is 17.5 Å². The molecule has 0 bridgehead atoms. The second-order valence-corrected chi connectivity index (χ2v) is 6.17. The second kappa shape index (κ2) is 10.6. The van der Waals surface area contributed by atoms with Gasteiger partial charge >= 0.3 is 11.8 Å². The lowest BCUT2D eigenvalue weighted by Crippen LogP contribution is -2.33. The zero-order chi connectivity index (χ0) is 24.8. The van der Waals surface area contributed by atoms with Crippen LogP contribution in [0.2, 0.25) is 0 Å². The molecule has 3 aromatic rings. The lowest BCUT2D eigenvalue weighted by molar-refractivity contribution is -0.141. The Morgan fingerprint density at radius 2 is 1.48 bits per heavy atom. The Labute approximate surface area is 184 Å². The number of hydrogen-bond acceptors (Lipinski definition) is 3. The molecule has 2 N–H and O–H groups in total. The highest BCUT2D eigenvalue weighted by Gasteiger charge is 2.44. The molecule has 0 saturated heterocycles. The number of nitrogens with one attached hydrogen (secondary N) is 2. The van der Waals surface area contributed by atoms with E-state index in [-0.39, 0.29) is 5.69 Å². The molecule has 0 unspecified atom stereocenters. The van der Waals surface area contributed by atoms with Crippen molar-refractivity contribution in [3.05, 3.63) is 89.1 Å². The quantitative estimate of drug-likeness (QED) is 0.475. The van der Waals surface area contributed by atoms with E-state index in [9.17, 15) is 35.9 Å². The highest BCUT2D eigenvalue weighted by atomic mass is 19.3. The Hall–Kier alpha value is -3.89. The largest absolute Gasteiger partial charge is 0.352 e. The number of benzene rings is 2. The smallest absolute Gasteiger partial charge is 0.322 e. The van der Waals surface area contributed by atoms with E-state index in [0.29, 0.717) is 24.4 Å². The van der Waals surface area contributed by atoms with Crippen LogP contribution in [0.4, 0.5) is 37.8 Å². The molecule has 1 heterocycles. The average Bonchev–Trinajstić information content (AvgIpc) is 2.79. The van der Waals surface area contributed by atoms with Crippen molar-refractivity contribution >= 4 is 23.3 Å². The number of aromatic nitrogens is 1. The molecule has 0 radical (unpaired) electrons. The number of anilines is 2. The number of amides is 2. The van der Waals surface area contributed by atoms with Gasteiger partial charge in [-0.15, -0.1) is 0 Å². The van der Waals surface area contributed by atoms with Crippen LogP contribution < -0.4 is 10.6 Å². The summed E-state index contributed by atoms with van der Waals surface area (Å²) < 4.78 is 82.2. The van der Waals surface area contributed by atoms with Crippen molar-refractivity contribution in [1.82, 2.24) is 4.98 Å². The molecule has 2 aromatic carbocycles. The molecule has 0 spiro atoms. The zero-order valence-electron chi connectivity index (χ0n) is 17.2. The summed E-state index contributed by atoms with van der Waals surface area (Å²) in [6.45, 7) is 4.00. The van der Waals surface area contributed by atoms with Crippen molar-refractivity contribution in [2.45, 2.75) is 19.8 Å². The summed E-state index contributed by atoms with van der Waals surface area (Å²) in [5.41, 5.74) is -2.07. The fourth-order valence-electron chi connectivity index (χ4n) is 2.45. The first kappa shape index (κ1) is 25.4. The van der Waals surface area contributed by atoms with Crippen LogP contribution in [0.15, 0.2) is 54.7 Å². The van der Waals surface area contributed by atoms with Crippen molar-refractivity contribution in [2.75, 3.05) is 10.6 Å². The van der Waals surface area contributed by atoms with Gasteiger partial charge in [0, 0.05) is 17.3 Å². The van der Waals surface area contributed by atoms with E-state index in [4.69, 9.17) is 0 Å². The minimum atomic E-state index is -4.43. The van der Waals surface area contributed by atoms with Crippen LogP contribution in [0.1, 0.15) is 29.8 Å².